The van der Waals surface area contributed by atoms with Gasteiger partial charge in [0, 0.05) is 5.56 Å². The normalized spacial score (nSPS) is 11.0. The Bertz CT molecular complexity index is 732. The van der Waals surface area contributed by atoms with Gasteiger partial charge in [0.05, 0.1) is 20.5 Å². The third-order valence-electron chi connectivity index (χ3n) is 2.58. The summed E-state index contributed by atoms with van der Waals surface area (Å²) in [6.07, 6.45) is 1.25. The van der Waals surface area contributed by atoms with E-state index in [0.29, 0.717) is 11.3 Å². The average Bonchev–Trinajstić information content (AvgIpc) is 2.52. The SMILES string of the molecule is CO/C=C(\C(=O)OC)c1ccccc1Oc1nc(Cl)nc(Cl)n1. The summed E-state index contributed by atoms with van der Waals surface area (Å²) in [4.78, 5) is 23.2. The summed E-state index contributed by atoms with van der Waals surface area (Å²) in [7, 11) is 2.68. The Morgan fingerprint density at radius 1 is 1.09 bits per heavy atom. The first-order chi connectivity index (χ1) is 11.0. The number of rotatable bonds is 5. The fraction of sp³-hybridized carbons (Fsp3) is 0.143. The number of para-hydroxylation sites is 1. The van der Waals surface area contributed by atoms with Crippen LogP contribution >= 0.6 is 23.2 Å². The maximum atomic E-state index is 11.9. The quantitative estimate of drug-likeness (QED) is 0.462. The number of methoxy groups -OCH3 is 2. The van der Waals surface area contributed by atoms with Gasteiger partial charge in [0.2, 0.25) is 10.6 Å². The zero-order valence-corrected chi connectivity index (χ0v) is 13.6. The van der Waals surface area contributed by atoms with Crippen molar-refractivity contribution in [3.8, 4) is 11.8 Å². The zero-order chi connectivity index (χ0) is 16.8. The molecule has 1 aromatic carbocycles. The van der Waals surface area contributed by atoms with Crippen LogP contribution < -0.4 is 4.74 Å². The number of ether oxygens (including phenoxy) is 3. The highest BCUT2D eigenvalue weighted by Gasteiger charge is 2.19. The van der Waals surface area contributed by atoms with E-state index in [4.69, 9.17) is 37.4 Å². The van der Waals surface area contributed by atoms with Gasteiger partial charge in [-0.15, -0.1) is 0 Å². The van der Waals surface area contributed by atoms with Gasteiger partial charge in [-0.25, -0.2) is 4.79 Å². The Labute approximate surface area is 141 Å². The van der Waals surface area contributed by atoms with E-state index in [-0.39, 0.29) is 22.2 Å². The minimum absolute atomic E-state index is 0.107. The lowest BCUT2D eigenvalue weighted by molar-refractivity contribution is -0.133. The van der Waals surface area contributed by atoms with E-state index < -0.39 is 5.97 Å². The predicted octanol–water partition coefficient (Wildman–Crippen LogP) is 3.13. The van der Waals surface area contributed by atoms with E-state index in [0.717, 1.165) is 0 Å². The second kappa shape index (κ2) is 7.75. The van der Waals surface area contributed by atoms with Crippen LogP contribution in [0.1, 0.15) is 5.56 Å². The second-order valence-corrected chi connectivity index (χ2v) is 4.69. The molecule has 2 rings (SSSR count). The summed E-state index contributed by atoms with van der Waals surface area (Å²) in [6.45, 7) is 0. The Hall–Kier alpha value is -2.38. The molecule has 0 bridgehead atoms. The molecule has 2 aromatic rings. The maximum Gasteiger partial charge on any atom is 0.341 e. The van der Waals surface area contributed by atoms with Gasteiger partial charge in [0.1, 0.15) is 11.3 Å². The molecule has 23 heavy (non-hydrogen) atoms. The Kier molecular flexibility index (Phi) is 5.72. The first kappa shape index (κ1) is 17.0. The first-order valence-electron chi connectivity index (χ1n) is 6.20. The van der Waals surface area contributed by atoms with Crippen molar-refractivity contribution in [1.29, 1.82) is 0 Å². The molecule has 0 aliphatic rings. The predicted molar refractivity (Wildman–Crippen MR) is 83.4 cm³/mol. The van der Waals surface area contributed by atoms with Crippen LogP contribution in [0.15, 0.2) is 30.5 Å². The number of halogens is 2. The van der Waals surface area contributed by atoms with Crippen LogP contribution in [-0.2, 0) is 14.3 Å². The molecular formula is C14H11Cl2N3O4. The summed E-state index contributed by atoms with van der Waals surface area (Å²) in [5.74, 6) is -0.297. The monoisotopic (exact) mass is 355 g/mol. The van der Waals surface area contributed by atoms with Crippen LogP contribution in [-0.4, -0.2) is 35.1 Å². The molecule has 1 heterocycles. The van der Waals surface area contributed by atoms with Gasteiger partial charge < -0.3 is 14.2 Å². The lowest BCUT2D eigenvalue weighted by Crippen LogP contribution is -2.06. The van der Waals surface area contributed by atoms with Gasteiger partial charge in [-0.05, 0) is 29.3 Å². The number of carbonyl (C=O) groups is 1. The topological polar surface area (TPSA) is 83.4 Å². The average molecular weight is 356 g/mol. The zero-order valence-electron chi connectivity index (χ0n) is 12.1. The molecule has 0 saturated heterocycles. The smallest absolute Gasteiger partial charge is 0.341 e. The number of esters is 1. The third-order valence-corrected chi connectivity index (χ3v) is 2.92. The lowest BCUT2D eigenvalue weighted by Gasteiger charge is -2.11. The summed E-state index contributed by atoms with van der Waals surface area (Å²) in [6, 6.07) is 6.60. The third kappa shape index (κ3) is 4.30. The Morgan fingerprint density at radius 3 is 2.35 bits per heavy atom. The molecule has 0 N–H and O–H groups in total. The van der Waals surface area contributed by atoms with Crippen molar-refractivity contribution >= 4 is 34.7 Å². The van der Waals surface area contributed by atoms with E-state index in [2.05, 4.69) is 15.0 Å². The van der Waals surface area contributed by atoms with E-state index in [1.54, 1.807) is 24.3 Å². The summed E-state index contributed by atoms with van der Waals surface area (Å²) in [5, 5.41) is -0.226. The van der Waals surface area contributed by atoms with Crippen LogP contribution in [0.2, 0.25) is 10.6 Å². The Morgan fingerprint density at radius 2 is 1.74 bits per heavy atom. The second-order valence-electron chi connectivity index (χ2n) is 4.01. The highest BCUT2D eigenvalue weighted by Crippen LogP contribution is 2.30. The van der Waals surface area contributed by atoms with E-state index in [1.807, 2.05) is 0 Å². The van der Waals surface area contributed by atoms with Crippen molar-refractivity contribution in [3.05, 3.63) is 46.7 Å². The van der Waals surface area contributed by atoms with Crippen molar-refractivity contribution in [2.75, 3.05) is 14.2 Å². The molecule has 0 saturated carbocycles. The fourth-order valence-corrected chi connectivity index (χ4v) is 2.03. The van der Waals surface area contributed by atoms with Gasteiger partial charge in [-0.3, -0.25) is 0 Å². The van der Waals surface area contributed by atoms with Crippen molar-refractivity contribution in [3.63, 3.8) is 0 Å². The Balaban J connectivity index is 2.44. The first-order valence-corrected chi connectivity index (χ1v) is 6.96. The molecule has 7 nitrogen and oxygen atoms in total. The molecule has 1 aromatic heterocycles. The molecule has 0 aliphatic heterocycles. The molecule has 0 radical (unpaired) electrons. The minimum atomic E-state index is -0.588. The minimum Gasteiger partial charge on any atom is -0.503 e. The largest absolute Gasteiger partial charge is 0.503 e. The van der Waals surface area contributed by atoms with Crippen LogP contribution in [0.4, 0.5) is 0 Å². The molecule has 9 heteroatoms. The number of nitrogens with zero attached hydrogens (tertiary/aromatic N) is 3. The van der Waals surface area contributed by atoms with Crippen LogP contribution in [0.3, 0.4) is 0 Å². The number of hydrogen-bond donors (Lipinski definition) is 0. The number of aromatic nitrogens is 3. The highest BCUT2D eigenvalue weighted by atomic mass is 35.5. The van der Waals surface area contributed by atoms with Gasteiger partial charge >= 0.3 is 12.0 Å². The molecule has 0 spiro atoms. The van der Waals surface area contributed by atoms with E-state index >= 15 is 0 Å². The molecule has 0 fully saturated rings. The molecular weight excluding hydrogens is 345 g/mol. The lowest BCUT2D eigenvalue weighted by atomic mass is 10.1. The van der Waals surface area contributed by atoms with Crippen molar-refractivity contribution < 1.29 is 19.0 Å². The van der Waals surface area contributed by atoms with Gasteiger partial charge in [0.15, 0.2) is 0 Å². The van der Waals surface area contributed by atoms with Gasteiger partial charge in [-0.1, -0.05) is 18.2 Å². The van der Waals surface area contributed by atoms with E-state index in [1.165, 1.54) is 20.5 Å². The summed E-state index contributed by atoms with van der Waals surface area (Å²) >= 11 is 11.4. The fourth-order valence-electron chi connectivity index (χ4n) is 1.68. The van der Waals surface area contributed by atoms with Crippen molar-refractivity contribution in [2.24, 2.45) is 0 Å². The molecule has 0 aliphatic carbocycles. The molecule has 0 amide bonds. The molecule has 120 valence electrons. The number of hydrogen-bond acceptors (Lipinski definition) is 7. The molecule has 0 unspecified atom stereocenters. The van der Waals surface area contributed by atoms with Crippen molar-refractivity contribution in [2.45, 2.75) is 0 Å². The molecule has 0 atom stereocenters. The number of carbonyl (C=O) groups excluding carboxylic acids is 1. The number of benzene rings is 1. The van der Waals surface area contributed by atoms with Gasteiger partial charge in [-0.2, -0.15) is 15.0 Å². The van der Waals surface area contributed by atoms with Gasteiger partial charge in [0.25, 0.3) is 0 Å². The van der Waals surface area contributed by atoms with E-state index in [9.17, 15) is 4.79 Å². The highest BCUT2D eigenvalue weighted by molar-refractivity contribution is 6.31. The van der Waals surface area contributed by atoms with Crippen LogP contribution in [0.5, 0.6) is 11.8 Å². The maximum absolute atomic E-state index is 11.9. The summed E-state index contributed by atoms with van der Waals surface area (Å²) in [5.41, 5.74) is 0.589. The van der Waals surface area contributed by atoms with Crippen molar-refractivity contribution in [1.82, 2.24) is 15.0 Å². The standard InChI is InChI=1S/C14H11Cl2N3O4/c1-21-7-9(11(20)22-2)8-5-3-4-6-10(8)23-14-18-12(15)17-13(16)19-14/h3-7H,1-2H3/b9-7-. The van der Waals surface area contributed by atoms with Crippen LogP contribution in [0, 0.1) is 0 Å². The summed E-state index contributed by atoms with van der Waals surface area (Å²) < 4.78 is 15.2. The van der Waals surface area contributed by atoms with Crippen LogP contribution in [0.25, 0.3) is 5.57 Å².